The van der Waals surface area contributed by atoms with Crippen LogP contribution < -0.4 is 4.90 Å². The van der Waals surface area contributed by atoms with Gasteiger partial charge >= 0.3 is 0 Å². The molecule has 0 aliphatic carbocycles. The third-order valence-electron chi connectivity index (χ3n) is 11.3. The zero-order valence-corrected chi connectivity index (χ0v) is 31.4. The molecule has 0 N–H and O–H groups in total. The number of para-hydroxylation sites is 5. The minimum Gasteiger partial charge on any atom is -0.455 e. The lowest BCUT2D eigenvalue weighted by molar-refractivity contribution is 0.640. The van der Waals surface area contributed by atoms with E-state index in [9.17, 15) is 0 Å². The van der Waals surface area contributed by atoms with E-state index in [1.807, 2.05) is 42.5 Å². The van der Waals surface area contributed by atoms with Crippen LogP contribution in [0.5, 0.6) is 0 Å². The van der Waals surface area contributed by atoms with Gasteiger partial charge in [-0.1, -0.05) is 152 Å². The molecule has 9 aromatic carbocycles. The van der Waals surface area contributed by atoms with E-state index in [-0.39, 0.29) is 5.82 Å². The number of nitrogens with zero attached hydrogens (tertiary/aromatic N) is 2. The summed E-state index contributed by atoms with van der Waals surface area (Å²) in [6, 6.07) is 73.0. The second-order valence-corrected chi connectivity index (χ2v) is 14.6. The van der Waals surface area contributed by atoms with Gasteiger partial charge in [-0.25, -0.2) is 4.39 Å². The first kappa shape index (κ1) is 33.6. The molecule has 11 aromatic rings. The quantitative estimate of drug-likeness (QED) is 0.162. The zero-order valence-electron chi connectivity index (χ0n) is 31.4. The van der Waals surface area contributed by atoms with Crippen molar-refractivity contribution in [3.05, 3.63) is 218 Å². The number of hydrogen-bond acceptors (Lipinski definition) is 2. The smallest absolute Gasteiger partial charge is 0.143 e. The first-order valence-electron chi connectivity index (χ1n) is 19.5. The molecular weight excluding hydrogens is 712 g/mol. The molecule has 3 nitrogen and oxygen atoms in total. The number of fused-ring (bicyclic) bond motifs is 6. The van der Waals surface area contributed by atoms with E-state index in [0.29, 0.717) is 5.39 Å². The van der Waals surface area contributed by atoms with E-state index >= 15 is 4.39 Å². The number of hydrogen-bond donors (Lipinski definition) is 0. The Morgan fingerprint density at radius 1 is 0.397 bits per heavy atom. The van der Waals surface area contributed by atoms with E-state index < -0.39 is 0 Å². The molecule has 274 valence electrons. The van der Waals surface area contributed by atoms with Gasteiger partial charge in [0.25, 0.3) is 0 Å². The molecule has 0 unspecified atom stereocenters. The van der Waals surface area contributed by atoms with Crippen LogP contribution in [0.3, 0.4) is 0 Å². The summed E-state index contributed by atoms with van der Waals surface area (Å²) in [6.45, 7) is 0. The lowest BCUT2D eigenvalue weighted by Crippen LogP contribution is -2.11. The van der Waals surface area contributed by atoms with Gasteiger partial charge in [-0.2, -0.15) is 0 Å². The molecule has 0 amide bonds. The molecule has 0 bridgehead atoms. The van der Waals surface area contributed by atoms with Crippen LogP contribution in [-0.4, -0.2) is 4.57 Å². The Bertz CT molecular complexity index is 3290. The number of aromatic nitrogens is 1. The summed E-state index contributed by atoms with van der Waals surface area (Å²) in [5.74, 6) is -0.218. The van der Waals surface area contributed by atoms with Crippen LogP contribution in [0.4, 0.5) is 21.5 Å². The molecule has 0 saturated carbocycles. The van der Waals surface area contributed by atoms with E-state index in [2.05, 4.69) is 167 Å². The van der Waals surface area contributed by atoms with Gasteiger partial charge in [0, 0.05) is 49.6 Å². The third kappa shape index (κ3) is 5.49. The first-order chi connectivity index (χ1) is 28.7. The highest BCUT2D eigenvalue weighted by Crippen LogP contribution is 2.44. The Labute approximate surface area is 335 Å². The summed E-state index contributed by atoms with van der Waals surface area (Å²) in [5, 5.41) is 3.77. The molecule has 0 aliphatic rings. The lowest BCUT2D eigenvalue weighted by atomic mass is 9.99. The first-order valence-corrected chi connectivity index (χ1v) is 19.5. The predicted molar refractivity (Wildman–Crippen MR) is 239 cm³/mol. The van der Waals surface area contributed by atoms with Crippen LogP contribution in [0, 0.1) is 5.82 Å². The largest absolute Gasteiger partial charge is 0.455 e. The van der Waals surface area contributed by atoms with Crippen LogP contribution in [0.2, 0.25) is 0 Å². The van der Waals surface area contributed by atoms with Gasteiger partial charge in [0.15, 0.2) is 0 Å². The van der Waals surface area contributed by atoms with Crippen molar-refractivity contribution in [1.82, 2.24) is 4.57 Å². The van der Waals surface area contributed by atoms with Gasteiger partial charge in [-0.15, -0.1) is 0 Å². The van der Waals surface area contributed by atoms with Crippen molar-refractivity contribution in [2.24, 2.45) is 0 Å². The van der Waals surface area contributed by atoms with Crippen LogP contribution >= 0.6 is 0 Å². The van der Waals surface area contributed by atoms with Crippen LogP contribution in [0.25, 0.3) is 82.8 Å². The fourth-order valence-electron chi connectivity index (χ4n) is 8.66. The highest BCUT2D eigenvalue weighted by Gasteiger charge is 2.20. The number of furan rings is 1. The van der Waals surface area contributed by atoms with Crippen molar-refractivity contribution in [3.8, 4) is 39.1 Å². The number of benzene rings is 9. The zero-order chi connectivity index (χ0) is 38.6. The molecule has 0 saturated heterocycles. The third-order valence-corrected chi connectivity index (χ3v) is 11.3. The van der Waals surface area contributed by atoms with Crippen molar-refractivity contribution >= 4 is 60.8 Å². The molecule has 58 heavy (non-hydrogen) atoms. The number of rotatable bonds is 7. The molecule has 0 atom stereocenters. The normalized spacial score (nSPS) is 11.5. The number of halogens is 1. The van der Waals surface area contributed by atoms with Crippen LogP contribution in [-0.2, 0) is 0 Å². The maximum atomic E-state index is 15.4. The lowest BCUT2D eigenvalue weighted by Gasteiger charge is -2.28. The standard InChI is InChI=1S/C54H35FN2O/c55-47-22-13-26-51-53(47)46-19-6-10-25-50(46)57(51)49-24-9-5-17-42(49)37-28-32-39(33-29-37)56(48-23-8-4-16-41(48)36-14-2-1-3-15-36)40-34-30-38(31-35-40)43-20-12-21-45-44-18-7-11-27-52(44)58-54(43)45/h1-35H. The number of anilines is 3. The SMILES string of the molecule is Fc1cccc2c1c1ccccc1n2-c1ccccc1-c1ccc(N(c2ccc(-c3cccc4c3oc3ccccc34)cc2)c2ccccc2-c2ccccc2)cc1. The molecular formula is C54H35FN2O. The fraction of sp³-hybridized carbons (Fsp3) is 0. The molecule has 2 aromatic heterocycles. The average molecular weight is 747 g/mol. The predicted octanol–water partition coefficient (Wildman–Crippen LogP) is 15.3. The van der Waals surface area contributed by atoms with Crippen LogP contribution in [0.15, 0.2) is 217 Å². The maximum absolute atomic E-state index is 15.4. The van der Waals surface area contributed by atoms with Crippen molar-refractivity contribution in [2.45, 2.75) is 0 Å². The molecule has 11 rings (SSSR count). The van der Waals surface area contributed by atoms with Gasteiger partial charge in [0.2, 0.25) is 0 Å². The Balaban J connectivity index is 1.04. The summed E-state index contributed by atoms with van der Waals surface area (Å²) < 4.78 is 24.0. The van der Waals surface area contributed by atoms with Gasteiger partial charge < -0.3 is 13.9 Å². The molecule has 0 fully saturated rings. The monoisotopic (exact) mass is 746 g/mol. The Kier molecular flexibility index (Phi) is 8.00. The summed E-state index contributed by atoms with van der Waals surface area (Å²) in [7, 11) is 0. The van der Waals surface area contributed by atoms with Crippen molar-refractivity contribution in [2.75, 3.05) is 4.90 Å². The molecule has 0 aliphatic heterocycles. The van der Waals surface area contributed by atoms with Crippen molar-refractivity contribution in [1.29, 1.82) is 0 Å². The molecule has 4 heteroatoms. The second-order valence-electron chi connectivity index (χ2n) is 14.6. The maximum Gasteiger partial charge on any atom is 0.143 e. The summed E-state index contributed by atoms with van der Waals surface area (Å²) in [5.41, 5.74) is 14.3. The van der Waals surface area contributed by atoms with Crippen LogP contribution in [0.1, 0.15) is 0 Å². The van der Waals surface area contributed by atoms with E-state index in [1.54, 1.807) is 12.1 Å². The van der Waals surface area contributed by atoms with E-state index in [0.717, 1.165) is 94.5 Å². The van der Waals surface area contributed by atoms with E-state index in [4.69, 9.17) is 4.42 Å². The minimum absolute atomic E-state index is 0.218. The van der Waals surface area contributed by atoms with Gasteiger partial charge in [0.05, 0.1) is 22.4 Å². The van der Waals surface area contributed by atoms with Gasteiger partial charge in [0.1, 0.15) is 17.0 Å². The highest BCUT2D eigenvalue weighted by atomic mass is 19.1. The van der Waals surface area contributed by atoms with E-state index in [1.165, 1.54) is 0 Å². The summed E-state index contributed by atoms with van der Waals surface area (Å²) in [6.07, 6.45) is 0. The molecule has 0 radical (unpaired) electrons. The molecule has 2 heterocycles. The Morgan fingerprint density at radius 2 is 0.948 bits per heavy atom. The molecule has 0 spiro atoms. The summed E-state index contributed by atoms with van der Waals surface area (Å²) >= 11 is 0. The Hall–Kier alpha value is -7.69. The van der Waals surface area contributed by atoms with Gasteiger partial charge in [-0.05, 0) is 77.4 Å². The minimum atomic E-state index is -0.218. The van der Waals surface area contributed by atoms with Crippen molar-refractivity contribution < 1.29 is 8.81 Å². The Morgan fingerprint density at radius 3 is 1.74 bits per heavy atom. The topological polar surface area (TPSA) is 21.3 Å². The van der Waals surface area contributed by atoms with Gasteiger partial charge in [-0.3, -0.25) is 0 Å². The highest BCUT2D eigenvalue weighted by molar-refractivity contribution is 6.11. The summed E-state index contributed by atoms with van der Waals surface area (Å²) in [4.78, 5) is 2.33. The van der Waals surface area contributed by atoms with Crippen molar-refractivity contribution in [3.63, 3.8) is 0 Å². The average Bonchev–Trinajstić information content (AvgIpc) is 3.84. The fourth-order valence-corrected chi connectivity index (χ4v) is 8.66. The second kappa shape index (κ2) is 13.8.